The first-order chi connectivity index (χ1) is 11.2. The Kier molecular flexibility index (Phi) is 3.33. The monoisotopic (exact) mass is 306 g/mol. The number of aryl methyl sites for hydroxylation is 2. The number of aromatic nitrogens is 3. The highest BCUT2D eigenvalue weighted by atomic mass is 16.1. The van der Waals surface area contributed by atoms with Crippen molar-refractivity contribution >= 4 is 16.8 Å². The molecule has 0 fully saturated rings. The fourth-order valence-electron chi connectivity index (χ4n) is 3.34. The van der Waals surface area contributed by atoms with E-state index < -0.39 is 0 Å². The minimum absolute atomic E-state index is 0.131. The second-order valence-corrected chi connectivity index (χ2v) is 6.13. The third-order valence-electron chi connectivity index (χ3n) is 4.47. The van der Waals surface area contributed by atoms with Gasteiger partial charge in [0.15, 0.2) is 0 Å². The van der Waals surface area contributed by atoms with Crippen molar-refractivity contribution in [3.05, 3.63) is 59.3 Å². The van der Waals surface area contributed by atoms with E-state index in [0.29, 0.717) is 5.69 Å². The van der Waals surface area contributed by atoms with Gasteiger partial charge in [-0.15, -0.1) is 0 Å². The molecule has 116 valence electrons. The van der Waals surface area contributed by atoms with Gasteiger partial charge in [0.1, 0.15) is 5.69 Å². The first-order valence-corrected chi connectivity index (χ1v) is 7.87. The number of hydrogen-bond donors (Lipinski definition) is 2. The lowest BCUT2D eigenvalue weighted by atomic mass is 9.91. The van der Waals surface area contributed by atoms with Gasteiger partial charge in [-0.1, -0.05) is 11.6 Å². The highest BCUT2D eigenvalue weighted by Crippen LogP contribution is 2.29. The number of H-pyrrole nitrogens is 1. The van der Waals surface area contributed by atoms with Crippen molar-refractivity contribution in [3.63, 3.8) is 0 Å². The number of fused-ring (bicyclic) bond motifs is 3. The summed E-state index contributed by atoms with van der Waals surface area (Å²) in [5.74, 6) is -0.154. The summed E-state index contributed by atoms with van der Waals surface area (Å²) < 4.78 is 0. The molecule has 1 unspecified atom stereocenters. The maximum atomic E-state index is 12.2. The molecule has 1 aliphatic rings. The molecular weight excluding hydrogens is 288 g/mol. The Morgan fingerprint density at radius 2 is 2.26 bits per heavy atom. The molecule has 1 aliphatic carbocycles. The first kappa shape index (κ1) is 13.9. The van der Waals surface area contributed by atoms with Crippen LogP contribution in [0.2, 0.25) is 0 Å². The van der Waals surface area contributed by atoms with Gasteiger partial charge in [-0.2, -0.15) is 0 Å². The Morgan fingerprint density at radius 3 is 3.09 bits per heavy atom. The molecule has 3 aromatic rings. The Labute approximate surface area is 134 Å². The molecule has 4 rings (SSSR count). The highest BCUT2D eigenvalue weighted by molar-refractivity contribution is 5.92. The largest absolute Gasteiger partial charge is 0.358 e. The van der Waals surface area contributed by atoms with Gasteiger partial charge >= 0.3 is 0 Å². The second kappa shape index (κ2) is 5.50. The Bertz CT molecular complexity index is 869. The van der Waals surface area contributed by atoms with Crippen LogP contribution in [-0.4, -0.2) is 26.9 Å². The molecule has 0 spiro atoms. The Hall–Kier alpha value is -2.69. The van der Waals surface area contributed by atoms with E-state index >= 15 is 0 Å². The predicted molar refractivity (Wildman–Crippen MR) is 88.3 cm³/mol. The van der Waals surface area contributed by atoms with Crippen LogP contribution in [0.3, 0.4) is 0 Å². The summed E-state index contributed by atoms with van der Waals surface area (Å²) in [5.41, 5.74) is 5.46. The zero-order chi connectivity index (χ0) is 15.8. The van der Waals surface area contributed by atoms with Crippen LogP contribution >= 0.6 is 0 Å². The molecule has 0 bridgehead atoms. The quantitative estimate of drug-likeness (QED) is 0.764. The van der Waals surface area contributed by atoms with E-state index in [1.54, 1.807) is 6.20 Å². The molecule has 0 saturated carbocycles. The van der Waals surface area contributed by atoms with Gasteiger partial charge < -0.3 is 10.3 Å². The molecular formula is C18H18N4O. The number of nitrogens with one attached hydrogen (secondary N) is 2. The third-order valence-corrected chi connectivity index (χ3v) is 4.47. The molecule has 2 heterocycles. The summed E-state index contributed by atoms with van der Waals surface area (Å²) in [5, 5.41) is 4.39. The molecule has 1 amide bonds. The zero-order valence-electron chi connectivity index (χ0n) is 13.0. The average molecular weight is 306 g/mol. The standard InChI is InChI=1S/C18H18N4O/c1-11-2-5-15-14(8-11)13-4-3-12(9-16(13)22-15)21-18(23)17-10-19-6-7-20-17/h2,5-8,10,12,22H,3-4,9H2,1H3,(H,21,23). The number of nitrogens with zero attached hydrogens (tertiary/aromatic N) is 2. The summed E-state index contributed by atoms with van der Waals surface area (Å²) in [6.45, 7) is 2.12. The minimum Gasteiger partial charge on any atom is -0.358 e. The normalized spacial score (nSPS) is 17.0. The zero-order valence-corrected chi connectivity index (χ0v) is 13.0. The van der Waals surface area contributed by atoms with E-state index in [2.05, 4.69) is 45.4 Å². The summed E-state index contributed by atoms with van der Waals surface area (Å²) in [4.78, 5) is 23.7. The van der Waals surface area contributed by atoms with Crippen molar-refractivity contribution in [2.24, 2.45) is 0 Å². The van der Waals surface area contributed by atoms with Crippen LogP contribution in [0.4, 0.5) is 0 Å². The molecule has 5 nitrogen and oxygen atoms in total. The summed E-state index contributed by atoms with van der Waals surface area (Å²) >= 11 is 0. The fraction of sp³-hybridized carbons (Fsp3) is 0.278. The molecule has 0 saturated heterocycles. The minimum atomic E-state index is -0.154. The first-order valence-electron chi connectivity index (χ1n) is 7.87. The molecule has 1 atom stereocenters. The van der Waals surface area contributed by atoms with E-state index in [1.165, 1.54) is 40.1 Å². The molecule has 5 heteroatoms. The number of hydrogen-bond acceptors (Lipinski definition) is 3. The van der Waals surface area contributed by atoms with Crippen LogP contribution < -0.4 is 5.32 Å². The van der Waals surface area contributed by atoms with Crippen molar-refractivity contribution in [2.45, 2.75) is 32.2 Å². The Morgan fingerprint density at radius 1 is 1.35 bits per heavy atom. The van der Waals surface area contributed by atoms with Crippen LogP contribution in [-0.2, 0) is 12.8 Å². The van der Waals surface area contributed by atoms with E-state index in [4.69, 9.17) is 0 Å². The second-order valence-electron chi connectivity index (χ2n) is 6.13. The van der Waals surface area contributed by atoms with Crippen LogP contribution in [0, 0.1) is 6.92 Å². The summed E-state index contributed by atoms with van der Waals surface area (Å²) in [6.07, 6.45) is 7.35. The van der Waals surface area contributed by atoms with Crippen molar-refractivity contribution < 1.29 is 4.79 Å². The SMILES string of the molecule is Cc1ccc2[nH]c3c(c2c1)CCC(NC(=O)c1cnccn1)C3. The Balaban J connectivity index is 1.55. The van der Waals surface area contributed by atoms with E-state index in [9.17, 15) is 4.79 Å². The number of carbonyl (C=O) groups excluding carboxylic acids is 1. The van der Waals surface area contributed by atoms with Gasteiger partial charge in [0.25, 0.3) is 5.91 Å². The molecule has 0 aliphatic heterocycles. The van der Waals surface area contributed by atoms with Crippen LogP contribution in [0.15, 0.2) is 36.8 Å². The van der Waals surface area contributed by atoms with E-state index in [1.807, 2.05) is 0 Å². The smallest absolute Gasteiger partial charge is 0.271 e. The third kappa shape index (κ3) is 2.59. The van der Waals surface area contributed by atoms with Crippen LogP contribution in [0.5, 0.6) is 0 Å². The lowest BCUT2D eigenvalue weighted by Gasteiger charge is -2.23. The number of carbonyl (C=O) groups is 1. The fourth-order valence-corrected chi connectivity index (χ4v) is 3.34. The number of aromatic amines is 1. The van der Waals surface area contributed by atoms with Crippen LogP contribution in [0.25, 0.3) is 10.9 Å². The number of benzene rings is 1. The van der Waals surface area contributed by atoms with Gasteiger partial charge in [-0.05, 0) is 37.5 Å². The molecule has 1 aromatic carbocycles. The van der Waals surface area contributed by atoms with Gasteiger partial charge in [-0.3, -0.25) is 9.78 Å². The maximum absolute atomic E-state index is 12.2. The molecule has 2 N–H and O–H groups in total. The van der Waals surface area contributed by atoms with Gasteiger partial charge in [0.05, 0.1) is 6.20 Å². The topological polar surface area (TPSA) is 70.7 Å². The van der Waals surface area contributed by atoms with Crippen molar-refractivity contribution in [3.8, 4) is 0 Å². The lowest BCUT2D eigenvalue weighted by Crippen LogP contribution is -2.39. The summed E-state index contributed by atoms with van der Waals surface area (Å²) in [6, 6.07) is 6.63. The maximum Gasteiger partial charge on any atom is 0.271 e. The predicted octanol–water partition coefficient (Wildman–Crippen LogP) is 2.55. The van der Waals surface area contributed by atoms with E-state index in [-0.39, 0.29) is 11.9 Å². The molecule has 0 radical (unpaired) electrons. The van der Waals surface area contributed by atoms with E-state index in [0.717, 1.165) is 19.3 Å². The molecule has 23 heavy (non-hydrogen) atoms. The van der Waals surface area contributed by atoms with Crippen LogP contribution in [0.1, 0.15) is 33.7 Å². The van der Waals surface area contributed by atoms with Crippen molar-refractivity contribution in [2.75, 3.05) is 0 Å². The number of rotatable bonds is 2. The van der Waals surface area contributed by atoms with Gasteiger partial charge in [-0.25, -0.2) is 4.98 Å². The number of amides is 1. The molecule has 2 aromatic heterocycles. The summed E-state index contributed by atoms with van der Waals surface area (Å²) in [7, 11) is 0. The van der Waals surface area contributed by atoms with Gasteiger partial charge in [0.2, 0.25) is 0 Å². The van der Waals surface area contributed by atoms with Crippen molar-refractivity contribution in [1.82, 2.24) is 20.3 Å². The average Bonchev–Trinajstić information content (AvgIpc) is 2.92. The van der Waals surface area contributed by atoms with Gasteiger partial charge in [0, 0.05) is 41.5 Å². The lowest BCUT2D eigenvalue weighted by molar-refractivity contribution is 0.0928. The van der Waals surface area contributed by atoms with Crippen molar-refractivity contribution in [1.29, 1.82) is 0 Å². The highest BCUT2D eigenvalue weighted by Gasteiger charge is 2.24.